The van der Waals surface area contributed by atoms with Gasteiger partial charge in [-0.05, 0) is 48.7 Å². The van der Waals surface area contributed by atoms with Crippen LogP contribution < -0.4 is 14.8 Å². The number of aromatic nitrogens is 3. The second-order valence-corrected chi connectivity index (χ2v) is 6.53. The van der Waals surface area contributed by atoms with Crippen molar-refractivity contribution in [3.05, 3.63) is 66.4 Å². The van der Waals surface area contributed by atoms with Gasteiger partial charge in [-0.1, -0.05) is 13.8 Å². The van der Waals surface area contributed by atoms with E-state index in [9.17, 15) is 4.79 Å². The number of nitrogens with zero attached hydrogens (tertiary/aromatic N) is 3. The smallest absolute Gasteiger partial charge is 0.251 e. The molecule has 0 unspecified atom stereocenters. The largest absolute Gasteiger partial charge is 0.490 e. The molecular weight excluding hydrogens is 368 g/mol. The highest BCUT2D eigenvalue weighted by molar-refractivity contribution is 5.94. The van der Waals surface area contributed by atoms with Gasteiger partial charge in [0.1, 0.15) is 12.1 Å². The molecule has 7 heteroatoms. The van der Waals surface area contributed by atoms with E-state index in [1.165, 1.54) is 0 Å². The van der Waals surface area contributed by atoms with Gasteiger partial charge in [0.25, 0.3) is 5.91 Å². The molecule has 2 heterocycles. The lowest BCUT2D eigenvalue weighted by molar-refractivity contribution is 0.0950. The van der Waals surface area contributed by atoms with Crippen molar-refractivity contribution in [1.82, 2.24) is 19.9 Å². The highest BCUT2D eigenvalue weighted by atomic mass is 16.5. The fourth-order valence-electron chi connectivity index (χ4n) is 2.70. The van der Waals surface area contributed by atoms with Gasteiger partial charge in [0.15, 0.2) is 11.5 Å². The number of amides is 1. The van der Waals surface area contributed by atoms with Crippen LogP contribution in [0.5, 0.6) is 11.5 Å². The van der Waals surface area contributed by atoms with Crippen LogP contribution in [0.15, 0.2) is 55.2 Å². The Bertz CT molecular complexity index is 926. The van der Waals surface area contributed by atoms with Gasteiger partial charge >= 0.3 is 0 Å². The molecule has 0 saturated heterocycles. The molecule has 0 radical (unpaired) electrons. The Morgan fingerprint density at radius 2 is 1.83 bits per heavy atom. The van der Waals surface area contributed by atoms with Crippen molar-refractivity contribution in [3.8, 4) is 17.3 Å². The fourth-order valence-corrected chi connectivity index (χ4v) is 2.70. The minimum absolute atomic E-state index is 0.172. The third-order valence-corrected chi connectivity index (χ3v) is 4.16. The number of carbonyl (C=O) groups excluding carboxylic acids is 1. The van der Waals surface area contributed by atoms with Crippen LogP contribution in [0.1, 0.15) is 42.6 Å². The molecule has 0 atom stereocenters. The summed E-state index contributed by atoms with van der Waals surface area (Å²) in [6.45, 7) is 5.65. The molecular formula is C22H26N4O3. The number of carbonyl (C=O) groups is 1. The van der Waals surface area contributed by atoms with Crippen LogP contribution >= 0.6 is 0 Å². The van der Waals surface area contributed by atoms with Gasteiger partial charge < -0.3 is 14.8 Å². The lowest BCUT2D eigenvalue weighted by Crippen LogP contribution is -2.23. The summed E-state index contributed by atoms with van der Waals surface area (Å²) in [5, 5.41) is 2.95. The molecule has 2 aromatic heterocycles. The molecule has 0 fully saturated rings. The number of rotatable bonds is 10. The number of nitrogens with one attached hydrogen (secondary N) is 1. The lowest BCUT2D eigenvalue weighted by Gasteiger charge is -2.14. The van der Waals surface area contributed by atoms with Gasteiger partial charge in [0, 0.05) is 30.7 Å². The summed E-state index contributed by atoms with van der Waals surface area (Å²) in [5.41, 5.74) is 1.48. The minimum atomic E-state index is -0.172. The van der Waals surface area contributed by atoms with Crippen LogP contribution in [0.2, 0.25) is 0 Å². The van der Waals surface area contributed by atoms with Crippen molar-refractivity contribution in [2.45, 2.75) is 33.2 Å². The third-order valence-electron chi connectivity index (χ3n) is 4.16. The lowest BCUT2D eigenvalue weighted by atomic mass is 10.1. The van der Waals surface area contributed by atoms with E-state index in [0.29, 0.717) is 36.8 Å². The second-order valence-electron chi connectivity index (χ2n) is 6.53. The SMILES string of the molecule is CCCOc1ccc(C(=O)NCc2ccnc(-n3ccnc3)c2)cc1OCCC. The van der Waals surface area contributed by atoms with E-state index in [4.69, 9.17) is 9.47 Å². The first-order valence-corrected chi connectivity index (χ1v) is 9.82. The van der Waals surface area contributed by atoms with Crippen LogP contribution in [0, 0.1) is 0 Å². The standard InChI is InChI=1S/C22H26N4O3/c1-3-11-28-19-6-5-18(14-20(19)29-12-4-2)22(27)25-15-17-7-8-24-21(13-17)26-10-9-23-16-26/h5-10,13-14,16H,3-4,11-12,15H2,1-2H3,(H,25,27). The van der Waals surface area contributed by atoms with Crippen molar-refractivity contribution >= 4 is 5.91 Å². The van der Waals surface area contributed by atoms with Crippen molar-refractivity contribution < 1.29 is 14.3 Å². The Hall–Kier alpha value is -3.35. The summed E-state index contributed by atoms with van der Waals surface area (Å²) in [6, 6.07) is 9.07. The van der Waals surface area contributed by atoms with Crippen LogP contribution in [-0.4, -0.2) is 33.7 Å². The van der Waals surface area contributed by atoms with Gasteiger partial charge in [0.05, 0.1) is 13.2 Å². The van der Waals surface area contributed by atoms with E-state index in [1.807, 2.05) is 36.7 Å². The fraction of sp³-hybridized carbons (Fsp3) is 0.318. The first-order chi connectivity index (χ1) is 14.2. The number of pyridine rings is 1. The van der Waals surface area contributed by atoms with E-state index < -0.39 is 0 Å². The Balaban J connectivity index is 1.68. The number of benzene rings is 1. The van der Waals surface area contributed by atoms with E-state index in [2.05, 4.69) is 15.3 Å². The average Bonchev–Trinajstić information content (AvgIpc) is 3.30. The predicted molar refractivity (Wildman–Crippen MR) is 111 cm³/mol. The first kappa shape index (κ1) is 20.4. The number of imidazole rings is 1. The van der Waals surface area contributed by atoms with Crippen LogP contribution in [0.25, 0.3) is 5.82 Å². The summed E-state index contributed by atoms with van der Waals surface area (Å²) in [6.07, 6.45) is 8.71. The molecule has 152 valence electrons. The molecule has 1 aromatic carbocycles. The van der Waals surface area contributed by atoms with Gasteiger partial charge in [-0.15, -0.1) is 0 Å². The van der Waals surface area contributed by atoms with Gasteiger partial charge in [-0.2, -0.15) is 0 Å². The van der Waals surface area contributed by atoms with Crippen molar-refractivity contribution in [2.24, 2.45) is 0 Å². The molecule has 1 amide bonds. The summed E-state index contributed by atoms with van der Waals surface area (Å²) in [4.78, 5) is 21.0. The zero-order chi connectivity index (χ0) is 20.5. The van der Waals surface area contributed by atoms with E-state index >= 15 is 0 Å². The molecule has 1 N–H and O–H groups in total. The molecule has 0 bridgehead atoms. The molecule has 29 heavy (non-hydrogen) atoms. The molecule has 7 nitrogen and oxygen atoms in total. The Kier molecular flexibility index (Phi) is 7.22. The molecule has 0 spiro atoms. The van der Waals surface area contributed by atoms with Crippen LogP contribution in [0.4, 0.5) is 0 Å². The van der Waals surface area contributed by atoms with Crippen molar-refractivity contribution in [1.29, 1.82) is 0 Å². The molecule has 0 saturated carbocycles. The number of hydrogen-bond donors (Lipinski definition) is 1. The zero-order valence-electron chi connectivity index (χ0n) is 16.8. The normalized spacial score (nSPS) is 10.6. The first-order valence-electron chi connectivity index (χ1n) is 9.82. The summed E-state index contributed by atoms with van der Waals surface area (Å²) >= 11 is 0. The minimum Gasteiger partial charge on any atom is -0.490 e. The van der Waals surface area contributed by atoms with Crippen molar-refractivity contribution in [3.63, 3.8) is 0 Å². The zero-order valence-corrected chi connectivity index (χ0v) is 16.8. The average molecular weight is 394 g/mol. The predicted octanol–water partition coefficient (Wildman–Crippen LogP) is 3.77. The molecule has 3 aromatic rings. The van der Waals surface area contributed by atoms with E-state index in [0.717, 1.165) is 24.2 Å². The maximum Gasteiger partial charge on any atom is 0.251 e. The molecule has 0 aliphatic carbocycles. The van der Waals surface area contributed by atoms with E-state index in [-0.39, 0.29) is 5.91 Å². The number of hydrogen-bond acceptors (Lipinski definition) is 5. The Morgan fingerprint density at radius 1 is 1.03 bits per heavy atom. The number of ether oxygens (including phenoxy) is 2. The van der Waals surface area contributed by atoms with Crippen LogP contribution in [0.3, 0.4) is 0 Å². The molecule has 3 rings (SSSR count). The summed E-state index contributed by atoms with van der Waals surface area (Å²) < 4.78 is 13.3. The van der Waals surface area contributed by atoms with Gasteiger partial charge in [0.2, 0.25) is 0 Å². The van der Waals surface area contributed by atoms with Crippen LogP contribution in [-0.2, 0) is 6.54 Å². The van der Waals surface area contributed by atoms with Gasteiger partial charge in [-0.25, -0.2) is 9.97 Å². The van der Waals surface area contributed by atoms with E-state index in [1.54, 1.807) is 36.9 Å². The summed E-state index contributed by atoms with van der Waals surface area (Å²) in [7, 11) is 0. The Morgan fingerprint density at radius 3 is 2.55 bits per heavy atom. The quantitative estimate of drug-likeness (QED) is 0.566. The topological polar surface area (TPSA) is 78.3 Å². The maximum absolute atomic E-state index is 12.6. The highest BCUT2D eigenvalue weighted by Gasteiger charge is 2.12. The molecule has 0 aliphatic rings. The Labute approximate surface area is 170 Å². The monoisotopic (exact) mass is 394 g/mol. The summed E-state index contributed by atoms with van der Waals surface area (Å²) in [5.74, 6) is 1.84. The maximum atomic E-state index is 12.6. The van der Waals surface area contributed by atoms with Gasteiger partial charge in [-0.3, -0.25) is 9.36 Å². The third kappa shape index (κ3) is 5.57. The van der Waals surface area contributed by atoms with Crippen molar-refractivity contribution in [2.75, 3.05) is 13.2 Å². The second kappa shape index (κ2) is 10.3. The molecule has 0 aliphatic heterocycles. The highest BCUT2D eigenvalue weighted by Crippen LogP contribution is 2.29.